The molecule has 2 rings (SSSR count). The van der Waals surface area contributed by atoms with Crippen LogP contribution in [0, 0.1) is 13.8 Å². The maximum Gasteiger partial charge on any atom is 0.242 e. The largest absolute Gasteiger partial charge is 0.497 e. The Morgan fingerprint density at radius 3 is 2.31 bits per heavy atom. The van der Waals surface area contributed by atoms with E-state index in [2.05, 4.69) is 37.4 Å². The van der Waals surface area contributed by atoms with Crippen LogP contribution in [0.25, 0.3) is 0 Å². The summed E-state index contributed by atoms with van der Waals surface area (Å²) in [7, 11) is 1.62. The number of rotatable bonds is 9. The number of nitrogens with one attached hydrogen (secondary N) is 1. The molecule has 0 radical (unpaired) electrons. The zero-order valence-electron chi connectivity index (χ0n) is 20.3. The van der Waals surface area contributed by atoms with E-state index in [0.29, 0.717) is 12.3 Å². The second-order valence-corrected chi connectivity index (χ2v) is 10.3. The molecule has 5 nitrogen and oxygen atoms in total. The van der Waals surface area contributed by atoms with E-state index in [1.807, 2.05) is 45.0 Å². The van der Waals surface area contributed by atoms with Gasteiger partial charge in [0.15, 0.2) is 0 Å². The number of ether oxygens (including phenoxy) is 1. The van der Waals surface area contributed by atoms with Gasteiger partial charge in [0.2, 0.25) is 11.8 Å². The highest BCUT2D eigenvalue weighted by Gasteiger charge is 2.28. The highest BCUT2D eigenvalue weighted by Crippen LogP contribution is 2.20. The molecular weight excluding hydrogens is 420 g/mol. The van der Waals surface area contributed by atoms with Gasteiger partial charge in [-0.25, -0.2) is 0 Å². The summed E-state index contributed by atoms with van der Waals surface area (Å²) in [6.07, 6.45) is 0. The molecule has 0 bridgehead atoms. The molecule has 0 unspecified atom stereocenters. The van der Waals surface area contributed by atoms with Gasteiger partial charge in [-0.15, -0.1) is 11.8 Å². The lowest BCUT2D eigenvalue weighted by atomic mass is 10.1. The number of amides is 2. The molecule has 0 fully saturated rings. The first-order valence-corrected chi connectivity index (χ1v) is 12.0. The molecule has 2 aromatic rings. The van der Waals surface area contributed by atoms with Crippen LogP contribution in [0.5, 0.6) is 5.75 Å². The summed E-state index contributed by atoms with van der Waals surface area (Å²) in [5, 5.41) is 2.99. The highest BCUT2D eigenvalue weighted by molar-refractivity contribution is 7.99. The highest BCUT2D eigenvalue weighted by atomic mass is 32.2. The molecule has 2 amide bonds. The van der Waals surface area contributed by atoms with Crippen LogP contribution in [0.15, 0.2) is 42.5 Å². The van der Waals surface area contributed by atoms with Gasteiger partial charge in [0.25, 0.3) is 0 Å². The summed E-state index contributed by atoms with van der Waals surface area (Å²) in [4.78, 5) is 27.7. The monoisotopic (exact) mass is 456 g/mol. The van der Waals surface area contributed by atoms with Gasteiger partial charge in [-0.2, -0.15) is 0 Å². The van der Waals surface area contributed by atoms with E-state index in [-0.39, 0.29) is 17.4 Å². The smallest absolute Gasteiger partial charge is 0.242 e. The van der Waals surface area contributed by atoms with Crippen molar-refractivity contribution in [1.82, 2.24) is 10.2 Å². The van der Waals surface area contributed by atoms with E-state index in [9.17, 15) is 9.59 Å². The Morgan fingerprint density at radius 2 is 1.72 bits per heavy atom. The van der Waals surface area contributed by atoms with Gasteiger partial charge in [0.1, 0.15) is 11.8 Å². The average Bonchev–Trinajstić information content (AvgIpc) is 2.69. The molecule has 0 heterocycles. The van der Waals surface area contributed by atoms with Crippen LogP contribution < -0.4 is 10.1 Å². The van der Waals surface area contributed by atoms with Crippen molar-refractivity contribution < 1.29 is 14.3 Å². The van der Waals surface area contributed by atoms with Gasteiger partial charge in [-0.1, -0.05) is 41.5 Å². The molecular formula is C26H36N2O3S. The van der Waals surface area contributed by atoms with Crippen molar-refractivity contribution in [1.29, 1.82) is 0 Å². The first-order valence-electron chi connectivity index (χ1n) is 10.9. The number of carbonyl (C=O) groups excluding carboxylic acids is 2. The first-order chi connectivity index (χ1) is 15.0. The first kappa shape index (κ1) is 25.8. The van der Waals surface area contributed by atoms with Crippen molar-refractivity contribution in [3.63, 3.8) is 0 Å². The van der Waals surface area contributed by atoms with Crippen LogP contribution in [0.3, 0.4) is 0 Å². The van der Waals surface area contributed by atoms with Crippen LogP contribution in [0.1, 0.15) is 49.9 Å². The fourth-order valence-electron chi connectivity index (χ4n) is 3.52. The summed E-state index contributed by atoms with van der Waals surface area (Å²) in [5.74, 6) is 1.58. The third-order valence-electron chi connectivity index (χ3n) is 4.93. The molecule has 2 aromatic carbocycles. The number of hydrogen-bond acceptors (Lipinski definition) is 4. The summed E-state index contributed by atoms with van der Waals surface area (Å²) in [5.41, 5.74) is 4.21. The normalized spacial score (nSPS) is 12.2. The van der Waals surface area contributed by atoms with E-state index in [0.717, 1.165) is 17.1 Å². The van der Waals surface area contributed by atoms with E-state index in [1.54, 1.807) is 30.7 Å². The van der Waals surface area contributed by atoms with Crippen molar-refractivity contribution in [3.8, 4) is 5.75 Å². The molecule has 0 aliphatic carbocycles. The minimum atomic E-state index is -0.588. The minimum Gasteiger partial charge on any atom is -0.497 e. The molecule has 0 aliphatic rings. The third kappa shape index (κ3) is 8.23. The molecule has 6 heteroatoms. The number of hydrogen-bond donors (Lipinski definition) is 1. The lowest BCUT2D eigenvalue weighted by Gasteiger charge is -2.31. The van der Waals surface area contributed by atoms with Crippen molar-refractivity contribution in [3.05, 3.63) is 64.7 Å². The molecule has 0 saturated heterocycles. The van der Waals surface area contributed by atoms with E-state index in [4.69, 9.17) is 4.74 Å². The Morgan fingerprint density at radius 1 is 1.06 bits per heavy atom. The molecule has 0 saturated carbocycles. The molecule has 32 heavy (non-hydrogen) atoms. The number of nitrogens with zero attached hydrogens (tertiary/aromatic N) is 1. The van der Waals surface area contributed by atoms with E-state index >= 15 is 0 Å². The predicted octanol–water partition coefficient (Wildman–Crippen LogP) is 4.88. The number of carbonyl (C=O) groups is 2. The van der Waals surface area contributed by atoms with Gasteiger partial charge in [0.05, 0.1) is 12.9 Å². The Kier molecular flexibility index (Phi) is 9.20. The molecule has 1 atom stereocenters. The van der Waals surface area contributed by atoms with Crippen LogP contribution in [-0.4, -0.2) is 41.2 Å². The summed E-state index contributed by atoms with van der Waals surface area (Å²) < 4.78 is 5.32. The molecule has 174 valence electrons. The third-order valence-corrected chi connectivity index (χ3v) is 5.92. The van der Waals surface area contributed by atoms with Crippen molar-refractivity contribution in [2.75, 3.05) is 12.9 Å². The molecule has 0 aromatic heterocycles. The van der Waals surface area contributed by atoms with Crippen LogP contribution in [0.4, 0.5) is 0 Å². The lowest BCUT2D eigenvalue weighted by molar-refractivity contribution is -0.139. The number of thioether (sulfide) groups is 1. The average molecular weight is 457 g/mol. The van der Waals surface area contributed by atoms with Gasteiger partial charge < -0.3 is 15.0 Å². The van der Waals surface area contributed by atoms with E-state index in [1.165, 1.54) is 16.7 Å². The lowest BCUT2D eigenvalue weighted by Crippen LogP contribution is -2.52. The zero-order valence-corrected chi connectivity index (χ0v) is 21.1. The zero-order chi connectivity index (χ0) is 23.9. The fraction of sp³-hybridized carbons (Fsp3) is 0.462. The Bertz CT molecular complexity index is 917. The standard InChI is InChI=1S/C26H36N2O3S/c1-18-11-19(2)13-22(12-18)16-32-17-24(29)28(20(3)25(30)27-26(4,5)6)15-21-9-8-10-23(14-21)31-7/h8-14,20H,15-17H2,1-7H3,(H,27,30)/t20-/m1/s1. The SMILES string of the molecule is COc1cccc(CN(C(=O)CSCc2cc(C)cc(C)c2)[C@H](C)C(=O)NC(C)(C)C)c1. The van der Waals surface area contributed by atoms with Gasteiger partial charge >= 0.3 is 0 Å². The Labute approximate surface area is 196 Å². The van der Waals surface area contributed by atoms with Gasteiger partial charge in [-0.3, -0.25) is 9.59 Å². The van der Waals surface area contributed by atoms with Crippen LogP contribution in [-0.2, 0) is 21.9 Å². The van der Waals surface area contributed by atoms with Crippen molar-refractivity contribution >= 4 is 23.6 Å². The van der Waals surface area contributed by atoms with Gasteiger partial charge in [0, 0.05) is 17.8 Å². The molecule has 1 N–H and O–H groups in total. The number of aryl methyl sites for hydroxylation is 2. The summed E-state index contributed by atoms with van der Waals surface area (Å²) in [6.45, 7) is 12.1. The topological polar surface area (TPSA) is 58.6 Å². The van der Waals surface area contributed by atoms with Crippen molar-refractivity contribution in [2.45, 2.75) is 65.4 Å². The quantitative estimate of drug-likeness (QED) is 0.584. The molecule has 0 spiro atoms. The minimum absolute atomic E-state index is 0.0567. The second-order valence-electron chi connectivity index (χ2n) is 9.28. The maximum absolute atomic E-state index is 13.2. The van der Waals surface area contributed by atoms with E-state index < -0.39 is 6.04 Å². The predicted molar refractivity (Wildman–Crippen MR) is 133 cm³/mol. The number of methoxy groups -OCH3 is 1. The Hall–Kier alpha value is -2.47. The summed E-state index contributed by atoms with van der Waals surface area (Å²) in [6, 6.07) is 13.5. The molecule has 0 aliphatic heterocycles. The Balaban J connectivity index is 2.14. The maximum atomic E-state index is 13.2. The van der Waals surface area contributed by atoms with Crippen LogP contribution in [0.2, 0.25) is 0 Å². The summed E-state index contributed by atoms with van der Waals surface area (Å²) >= 11 is 1.57. The fourth-order valence-corrected chi connectivity index (χ4v) is 4.36. The second kappa shape index (κ2) is 11.4. The van der Waals surface area contributed by atoms with Crippen LogP contribution >= 0.6 is 11.8 Å². The van der Waals surface area contributed by atoms with Crippen molar-refractivity contribution in [2.24, 2.45) is 0 Å². The van der Waals surface area contributed by atoms with Gasteiger partial charge in [-0.05, 0) is 64.8 Å². The number of benzene rings is 2.